The molecule has 0 amide bonds. The Morgan fingerprint density at radius 2 is 1.95 bits per heavy atom. The van der Waals surface area contributed by atoms with Gasteiger partial charge < -0.3 is 0 Å². The van der Waals surface area contributed by atoms with E-state index in [1.807, 2.05) is 0 Å². The summed E-state index contributed by atoms with van der Waals surface area (Å²) in [7, 11) is 0. The van der Waals surface area contributed by atoms with Gasteiger partial charge in [0.05, 0.1) is 0 Å². The van der Waals surface area contributed by atoms with Gasteiger partial charge in [-0.05, 0) is 50.9 Å². The van der Waals surface area contributed by atoms with E-state index >= 15 is 0 Å². The first-order chi connectivity index (χ1) is 9.15. The van der Waals surface area contributed by atoms with Gasteiger partial charge in [0.1, 0.15) is 0 Å². The molecule has 0 N–H and O–H groups in total. The summed E-state index contributed by atoms with van der Waals surface area (Å²) < 4.78 is 0. The predicted octanol–water partition coefficient (Wildman–Crippen LogP) is 2.92. The minimum Gasteiger partial charge on any atom is -0.0744 e. The quantitative estimate of drug-likeness (QED) is 0.569. The Balaban J connectivity index is 2.09. The highest BCUT2D eigenvalue weighted by molar-refractivity contribution is 5.83. The summed E-state index contributed by atoms with van der Waals surface area (Å²) in [6.07, 6.45) is 8.85. The second-order valence-corrected chi connectivity index (χ2v) is 5.91. The highest BCUT2D eigenvalue weighted by atomic mass is 14.3. The first-order valence-corrected chi connectivity index (χ1v) is 6.73. The van der Waals surface area contributed by atoms with Crippen molar-refractivity contribution in [3.8, 4) is 11.1 Å². The van der Waals surface area contributed by atoms with Crippen LogP contribution >= 0.6 is 0 Å². The van der Waals surface area contributed by atoms with E-state index in [0.29, 0.717) is 0 Å². The summed E-state index contributed by atoms with van der Waals surface area (Å²) in [5.74, 6) is 0. The maximum Gasteiger partial charge on any atom is 0.00847 e. The molecule has 0 bridgehead atoms. The molecule has 0 atom stereocenters. The van der Waals surface area contributed by atoms with Crippen LogP contribution in [0.4, 0.5) is 0 Å². The molecule has 2 aliphatic carbocycles. The lowest BCUT2D eigenvalue weighted by molar-refractivity contribution is 0.661. The van der Waals surface area contributed by atoms with Crippen molar-refractivity contribution in [3.05, 3.63) is 70.1 Å². The summed E-state index contributed by atoms with van der Waals surface area (Å²) in [5, 5.41) is 2.54. The SMILES string of the molecule is CC1(C)C=CC=c2[c]c3c(cc21)=Cc1ccccc1-3. The Hall–Kier alpha value is -2.08. The van der Waals surface area contributed by atoms with Gasteiger partial charge in [0.15, 0.2) is 0 Å². The van der Waals surface area contributed by atoms with E-state index in [0.717, 1.165) is 0 Å². The molecule has 0 heterocycles. The Morgan fingerprint density at radius 1 is 1.11 bits per heavy atom. The highest BCUT2D eigenvalue weighted by Crippen LogP contribution is 2.28. The van der Waals surface area contributed by atoms with Crippen LogP contribution in [0.3, 0.4) is 0 Å². The van der Waals surface area contributed by atoms with E-state index in [1.165, 1.54) is 32.7 Å². The molecule has 2 aromatic carbocycles. The minimum atomic E-state index is 0.0955. The van der Waals surface area contributed by atoms with Crippen LogP contribution in [0.2, 0.25) is 0 Å². The zero-order valence-corrected chi connectivity index (χ0v) is 11.2. The van der Waals surface area contributed by atoms with Crippen molar-refractivity contribution in [3.63, 3.8) is 0 Å². The third kappa shape index (κ3) is 1.46. The minimum absolute atomic E-state index is 0.0955. The monoisotopic (exact) mass is 243 g/mol. The van der Waals surface area contributed by atoms with Crippen molar-refractivity contribution in [1.82, 2.24) is 0 Å². The molecule has 0 aliphatic heterocycles. The molecule has 0 aromatic heterocycles. The van der Waals surface area contributed by atoms with E-state index in [9.17, 15) is 0 Å². The molecule has 0 saturated carbocycles. The summed E-state index contributed by atoms with van der Waals surface area (Å²) in [6, 6.07) is 14.5. The smallest absolute Gasteiger partial charge is 0.00847 e. The van der Waals surface area contributed by atoms with Crippen LogP contribution < -0.4 is 10.4 Å². The molecule has 0 nitrogen and oxygen atoms in total. The fourth-order valence-electron chi connectivity index (χ4n) is 3.07. The van der Waals surface area contributed by atoms with Crippen molar-refractivity contribution >= 4 is 12.2 Å². The molecule has 0 saturated heterocycles. The largest absolute Gasteiger partial charge is 0.0744 e. The van der Waals surface area contributed by atoms with Crippen LogP contribution in [0.1, 0.15) is 25.0 Å². The highest BCUT2D eigenvalue weighted by Gasteiger charge is 2.22. The number of fused-ring (bicyclic) bond motifs is 4. The standard InChI is InChI=1S/C19H15/c1-19(2)9-5-7-14-11-17-15(12-18(14)19)10-13-6-3-4-8-16(13)17/h3-10,12H,1-2H3. The van der Waals surface area contributed by atoms with Gasteiger partial charge in [0.25, 0.3) is 0 Å². The van der Waals surface area contributed by atoms with Gasteiger partial charge in [-0.3, -0.25) is 0 Å². The van der Waals surface area contributed by atoms with Gasteiger partial charge >= 0.3 is 0 Å². The van der Waals surface area contributed by atoms with E-state index in [4.69, 9.17) is 0 Å². The summed E-state index contributed by atoms with van der Waals surface area (Å²) in [4.78, 5) is 0. The number of hydrogen-bond donors (Lipinski definition) is 0. The van der Waals surface area contributed by atoms with Crippen LogP contribution in [-0.2, 0) is 5.41 Å². The molecule has 0 fully saturated rings. The van der Waals surface area contributed by atoms with Gasteiger partial charge in [-0.2, -0.15) is 0 Å². The fourth-order valence-corrected chi connectivity index (χ4v) is 3.07. The van der Waals surface area contributed by atoms with Crippen molar-refractivity contribution in [1.29, 1.82) is 0 Å². The van der Waals surface area contributed by atoms with E-state index < -0.39 is 0 Å². The van der Waals surface area contributed by atoms with Crippen LogP contribution in [0.15, 0.2) is 42.5 Å². The molecule has 2 aromatic rings. The predicted molar refractivity (Wildman–Crippen MR) is 80.2 cm³/mol. The zero-order valence-electron chi connectivity index (χ0n) is 11.2. The second kappa shape index (κ2) is 3.48. The fraction of sp³-hybridized carbons (Fsp3) is 0.158. The van der Waals surface area contributed by atoms with E-state index in [-0.39, 0.29) is 5.41 Å². The van der Waals surface area contributed by atoms with Crippen molar-refractivity contribution in [2.24, 2.45) is 0 Å². The lowest BCUT2D eigenvalue weighted by atomic mass is 9.80. The Bertz CT molecular complexity index is 833. The second-order valence-electron chi connectivity index (χ2n) is 5.91. The lowest BCUT2D eigenvalue weighted by Crippen LogP contribution is -2.29. The van der Waals surface area contributed by atoms with Crippen LogP contribution in [-0.4, -0.2) is 0 Å². The van der Waals surface area contributed by atoms with Crippen LogP contribution in [0, 0.1) is 6.07 Å². The molecular formula is C19H15. The Labute approximate surface area is 113 Å². The first-order valence-electron chi connectivity index (χ1n) is 6.73. The summed E-state index contributed by atoms with van der Waals surface area (Å²) >= 11 is 0. The van der Waals surface area contributed by atoms with Crippen molar-refractivity contribution < 1.29 is 0 Å². The third-order valence-electron chi connectivity index (χ3n) is 4.15. The van der Waals surface area contributed by atoms with Gasteiger partial charge in [-0.1, -0.05) is 56.3 Å². The van der Waals surface area contributed by atoms with Crippen molar-refractivity contribution in [2.75, 3.05) is 0 Å². The molecule has 19 heavy (non-hydrogen) atoms. The first kappa shape index (κ1) is 10.8. The van der Waals surface area contributed by atoms with Crippen LogP contribution in [0.5, 0.6) is 0 Å². The molecule has 2 aliphatic rings. The average Bonchev–Trinajstić information content (AvgIpc) is 2.75. The van der Waals surface area contributed by atoms with Crippen molar-refractivity contribution in [2.45, 2.75) is 19.3 Å². The molecular weight excluding hydrogens is 228 g/mol. The number of benzene rings is 2. The summed E-state index contributed by atoms with van der Waals surface area (Å²) in [6.45, 7) is 4.52. The topological polar surface area (TPSA) is 0 Å². The van der Waals surface area contributed by atoms with Gasteiger partial charge in [-0.15, -0.1) is 0 Å². The maximum absolute atomic E-state index is 3.62. The van der Waals surface area contributed by atoms with Gasteiger partial charge in [-0.25, -0.2) is 0 Å². The Morgan fingerprint density at radius 3 is 2.84 bits per heavy atom. The third-order valence-corrected chi connectivity index (χ3v) is 4.15. The lowest BCUT2D eigenvalue weighted by Gasteiger charge is -2.24. The zero-order chi connectivity index (χ0) is 13.0. The molecule has 91 valence electrons. The number of allylic oxidation sites excluding steroid dienone is 2. The molecule has 0 unspecified atom stereocenters. The summed E-state index contributed by atoms with van der Waals surface area (Å²) in [5.41, 5.74) is 5.33. The number of rotatable bonds is 0. The average molecular weight is 243 g/mol. The van der Waals surface area contributed by atoms with E-state index in [2.05, 4.69) is 74.5 Å². The van der Waals surface area contributed by atoms with E-state index in [1.54, 1.807) is 0 Å². The molecule has 0 spiro atoms. The van der Waals surface area contributed by atoms with Crippen LogP contribution in [0.25, 0.3) is 23.3 Å². The van der Waals surface area contributed by atoms with Gasteiger partial charge in [0, 0.05) is 5.41 Å². The van der Waals surface area contributed by atoms with Gasteiger partial charge in [0.2, 0.25) is 0 Å². The molecule has 0 heteroatoms. The number of hydrogen-bond acceptors (Lipinski definition) is 0. The normalized spacial score (nSPS) is 16.9. The molecule has 4 rings (SSSR count). The molecule has 1 radical (unpaired) electrons. The maximum atomic E-state index is 3.62. The Kier molecular flexibility index (Phi) is 1.98.